The molecule has 1 aromatic carbocycles. The van der Waals surface area contributed by atoms with E-state index in [1.54, 1.807) is 25.1 Å². The summed E-state index contributed by atoms with van der Waals surface area (Å²) in [7, 11) is 0. The highest BCUT2D eigenvalue weighted by atomic mass is 19.1. The average Bonchev–Trinajstić information content (AvgIpc) is 2.49. The van der Waals surface area contributed by atoms with Crippen LogP contribution in [0.15, 0.2) is 47.4 Å². The third-order valence-electron chi connectivity index (χ3n) is 3.29. The van der Waals surface area contributed by atoms with Crippen LogP contribution in [-0.4, -0.2) is 15.6 Å². The Bertz CT molecular complexity index is 726. The number of nitrogens with zero attached hydrogens (tertiary/aromatic N) is 1. The van der Waals surface area contributed by atoms with E-state index in [0.29, 0.717) is 5.56 Å². The lowest BCUT2D eigenvalue weighted by Crippen LogP contribution is -2.29. The highest BCUT2D eigenvalue weighted by Gasteiger charge is 2.19. The zero-order chi connectivity index (χ0) is 16.1. The summed E-state index contributed by atoms with van der Waals surface area (Å²) in [6.45, 7) is 1.58. The zero-order valence-corrected chi connectivity index (χ0v) is 12.0. The van der Waals surface area contributed by atoms with Gasteiger partial charge in [-0.25, -0.2) is 9.18 Å². The molecule has 22 heavy (non-hydrogen) atoms. The number of halogens is 1. The summed E-state index contributed by atoms with van der Waals surface area (Å²) in [4.78, 5) is 23.4. The quantitative estimate of drug-likeness (QED) is 0.890. The van der Waals surface area contributed by atoms with Crippen molar-refractivity contribution in [3.63, 3.8) is 0 Å². The lowest BCUT2D eigenvalue weighted by molar-refractivity contribution is -0.141. The normalized spacial score (nSPS) is 11.9. The van der Waals surface area contributed by atoms with Crippen LogP contribution in [0.5, 0.6) is 5.75 Å². The van der Waals surface area contributed by atoms with E-state index in [-0.39, 0.29) is 18.8 Å². The first-order valence-electron chi connectivity index (χ1n) is 6.84. The molecule has 0 fully saturated rings. The molecule has 1 heterocycles. The van der Waals surface area contributed by atoms with Gasteiger partial charge in [0.1, 0.15) is 18.5 Å². The largest absolute Gasteiger partial charge is 0.483 e. The molecule has 1 unspecified atom stereocenters. The van der Waals surface area contributed by atoms with Gasteiger partial charge in [-0.15, -0.1) is 0 Å². The second kappa shape index (κ2) is 6.89. The summed E-state index contributed by atoms with van der Waals surface area (Å²) in [6.07, 6.45) is 1.67. The van der Waals surface area contributed by atoms with Crippen molar-refractivity contribution in [1.82, 2.24) is 4.57 Å². The number of hydrogen-bond donors (Lipinski definition) is 1. The monoisotopic (exact) mass is 305 g/mol. The van der Waals surface area contributed by atoms with Gasteiger partial charge in [0, 0.05) is 11.8 Å². The predicted octanol–water partition coefficient (Wildman–Crippen LogP) is 2.60. The van der Waals surface area contributed by atoms with E-state index in [1.807, 2.05) is 0 Å². The molecule has 5 nitrogen and oxygen atoms in total. The molecule has 0 saturated heterocycles. The van der Waals surface area contributed by atoms with Crippen LogP contribution in [0, 0.1) is 5.82 Å². The van der Waals surface area contributed by atoms with Gasteiger partial charge in [-0.1, -0.05) is 25.1 Å². The molecular weight excluding hydrogens is 289 g/mol. The van der Waals surface area contributed by atoms with Crippen LogP contribution in [0.3, 0.4) is 0 Å². The maximum atomic E-state index is 13.5. The second-order valence-corrected chi connectivity index (χ2v) is 4.73. The number of carbonyl (C=O) groups is 1. The molecule has 0 bridgehead atoms. The molecule has 116 valence electrons. The molecule has 1 N–H and O–H groups in total. The molecule has 0 saturated carbocycles. The van der Waals surface area contributed by atoms with Crippen LogP contribution in [0.1, 0.15) is 24.9 Å². The Morgan fingerprint density at radius 3 is 2.68 bits per heavy atom. The van der Waals surface area contributed by atoms with Gasteiger partial charge in [-0.05, 0) is 24.6 Å². The fourth-order valence-electron chi connectivity index (χ4n) is 2.11. The standard InChI is InChI=1S/C16H16FNO4/c1-2-13(16(20)21)18-9-5-8-14(15(18)19)22-10-11-6-3-4-7-12(11)17/h3-9,13H,2,10H2,1H3,(H,20,21). The van der Waals surface area contributed by atoms with E-state index in [9.17, 15) is 14.0 Å². The van der Waals surface area contributed by atoms with Crippen LogP contribution in [0.2, 0.25) is 0 Å². The van der Waals surface area contributed by atoms with Crippen LogP contribution < -0.4 is 10.3 Å². The van der Waals surface area contributed by atoms with E-state index in [0.717, 1.165) is 4.57 Å². The van der Waals surface area contributed by atoms with Gasteiger partial charge in [0.15, 0.2) is 5.75 Å². The maximum Gasteiger partial charge on any atom is 0.326 e. The van der Waals surface area contributed by atoms with Crippen molar-refractivity contribution in [3.05, 3.63) is 64.3 Å². The van der Waals surface area contributed by atoms with Gasteiger partial charge in [0.05, 0.1) is 0 Å². The topological polar surface area (TPSA) is 68.5 Å². The minimum absolute atomic E-state index is 0.00884. The number of hydrogen-bond acceptors (Lipinski definition) is 3. The van der Waals surface area contributed by atoms with Crippen molar-refractivity contribution in [3.8, 4) is 5.75 Å². The maximum absolute atomic E-state index is 13.5. The number of pyridine rings is 1. The lowest BCUT2D eigenvalue weighted by Gasteiger charge is -2.15. The van der Waals surface area contributed by atoms with Gasteiger partial charge in [-0.3, -0.25) is 9.36 Å². The summed E-state index contributed by atoms with van der Waals surface area (Å²) in [5, 5.41) is 9.14. The number of benzene rings is 1. The summed E-state index contributed by atoms with van der Waals surface area (Å²) in [5.74, 6) is -1.52. The van der Waals surface area contributed by atoms with E-state index in [2.05, 4.69) is 0 Å². The third-order valence-corrected chi connectivity index (χ3v) is 3.29. The molecule has 1 aromatic heterocycles. The number of aliphatic carboxylic acids is 1. The minimum atomic E-state index is -1.09. The molecule has 0 aliphatic carbocycles. The SMILES string of the molecule is CCC(C(=O)O)n1cccc(OCc2ccccc2F)c1=O. The Hall–Kier alpha value is -2.63. The van der Waals surface area contributed by atoms with Crippen LogP contribution >= 0.6 is 0 Å². The second-order valence-electron chi connectivity index (χ2n) is 4.73. The van der Waals surface area contributed by atoms with Crippen molar-refractivity contribution in [2.45, 2.75) is 26.0 Å². The molecule has 0 spiro atoms. The molecule has 1 atom stereocenters. The van der Waals surface area contributed by atoms with Crippen molar-refractivity contribution < 1.29 is 19.0 Å². The van der Waals surface area contributed by atoms with Gasteiger partial charge in [0.2, 0.25) is 0 Å². The van der Waals surface area contributed by atoms with E-state index in [4.69, 9.17) is 9.84 Å². The summed E-state index contributed by atoms with van der Waals surface area (Å²) in [5.41, 5.74) is -0.226. The highest BCUT2D eigenvalue weighted by molar-refractivity contribution is 5.71. The Morgan fingerprint density at radius 1 is 1.32 bits per heavy atom. The average molecular weight is 305 g/mol. The Labute approximate surface area is 126 Å². The summed E-state index contributed by atoms with van der Waals surface area (Å²) in [6, 6.07) is 8.11. The summed E-state index contributed by atoms with van der Waals surface area (Å²) >= 11 is 0. The van der Waals surface area contributed by atoms with Gasteiger partial charge >= 0.3 is 5.97 Å². The van der Waals surface area contributed by atoms with Crippen LogP contribution in [-0.2, 0) is 11.4 Å². The van der Waals surface area contributed by atoms with Crippen LogP contribution in [0.25, 0.3) is 0 Å². The number of aromatic nitrogens is 1. The number of ether oxygens (including phenoxy) is 1. The Kier molecular flexibility index (Phi) is 4.93. The molecule has 0 radical (unpaired) electrons. The first-order valence-corrected chi connectivity index (χ1v) is 6.84. The fourth-order valence-corrected chi connectivity index (χ4v) is 2.11. The van der Waals surface area contributed by atoms with Crippen molar-refractivity contribution in [2.75, 3.05) is 0 Å². The molecule has 2 rings (SSSR count). The molecule has 6 heteroatoms. The first kappa shape index (κ1) is 15.8. The number of rotatable bonds is 6. The van der Waals surface area contributed by atoms with Crippen LogP contribution in [0.4, 0.5) is 4.39 Å². The third kappa shape index (κ3) is 3.33. The predicted molar refractivity (Wildman–Crippen MR) is 78.4 cm³/mol. The highest BCUT2D eigenvalue weighted by Crippen LogP contribution is 2.14. The van der Waals surface area contributed by atoms with Gasteiger partial charge in [-0.2, -0.15) is 0 Å². The summed E-state index contributed by atoms with van der Waals surface area (Å²) < 4.78 is 20.0. The minimum Gasteiger partial charge on any atom is -0.483 e. The van der Waals surface area contributed by atoms with Crippen molar-refractivity contribution >= 4 is 5.97 Å². The first-order chi connectivity index (χ1) is 10.5. The Morgan fingerprint density at radius 2 is 2.05 bits per heavy atom. The van der Waals surface area contributed by atoms with E-state index in [1.165, 1.54) is 24.4 Å². The van der Waals surface area contributed by atoms with Gasteiger partial charge in [0.25, 0.3) is 5.56 Å². The van der Waals surface area contributed by atoms with Crippen molar-refractivity contribution in [1.29, 1.82) is 0 Å². The zero-order valence-electron chi connectivity index (χ0n) is 12.0. The van der Waals surface area contributed by atoms with Gasteiger partial charge < -0.3 is 9.84 Å². The number of carboxylic acid groups (broad SMARTS) is 1. The molecule has 0 amide bonds. The van der Waals surface area contributed by atoms with E-state index < -0.39 is 23.4 Å². The molecular formula is C16H16FNO4. The molecule has 0 aliphatic heterocycles. The molecule has 0 aliphatic rings. The van der Waals surface area contributed by atoms with Crippen molar-refractivity contribution in [2.24, 2.45) is 0 Å². The number of carboxylic acids is 1. The Balaban J connectivity index is 2.24. The molecule has 2 aromatic rings. The lowest BCUT2D eigenvalue weighted by atomic mass is 10.2. The fraction of sp³-hybridized carbons (Fsp3) is 0.250. The smallest absolute Gasteiger partial charge is 0.326 e. The van der Waals surface area contributed by atoms with E-state index >= 15 is 0 Å².